The van der Waals surface area contributed by atoms with Crippen LogP contribution in [-0.4, -0.2) is 22.5 Å². The first kappa shape index (κ1) is 28.1. The fourth-order valence-corrected chi connectivity index (χ4v) is 3.82. The van der Waals surface area contributed by atoms with Crippen molar-refractivity contribution in [2.45, 2.75) is 110 Å². The smallest absolute Gasteiger partial charge is 0.493 e. The first-order valence-electron chi connectivity index (χ1n) is 12.0. The van der Waals surface area contributed by atoms with Gasteiger partial charge in [-0.1, -0.05) is 95.2 Å². The summed E-state index contributed by atoms with van der Waals surface area (Å²) in [5.74, 6) is 1.01. The molecule has 0 aliphatic carbocycles. The molecule has 0 aromatic heterocycles. The Kier molecular flexibility index (Phi) is 16.0. The molecule has 1 atom stereocenters. The van der Waals surface area contributed by atoms with Gasteiger partial charge in [0.05, 0.1) is 12.7 Å². The van der Waals surface area contributed by atoms with E-state index in [1.807, 2.05) is 18.2 Å². The largest absolute Gasteiger partial charge is 0.496 e. The van der Waals surface area contributed by atoms with Gasteiger partial charge >= 0.3 is 7.82 Å². The van der Waals surface area contributed by atoms with Crippen molar-refractivity contribution in [3.63, 3.8) is 0 Å². The Bertz CT molecular complexity index is 603. The van der Waals surface area contributed by atoms with Gasteiger partial charge in [-0.3, -0.25) is 0 Å². The van der Waals surface area contributed by atoms with Crippen LogP contribution in [-0.2, 0) is 14.1 Å². The van der Waals surface area contributed by atoms with Gasteiger partial charge in [0, 0.05) is 0 Å². The summed E-state index contributed by atoms with van der Waals surface area (Å²) in [6, 6.07) is 8.19. The minimum atomic E-state index is -4.53. The lowest BCUT2D eigenvalue weighted by atomic mass is 10.0. The van der Waals surface area contributed by atoms with Crippen LogP contribution in [0.2, 0.25) is 0 Å². The van der Waals surface area contributed by atoms with E-state index in [2.05, 4.69) is 22.6 Å². The molecule has 0 bridgehead atoms. The first-order valence-corrected chi connectivity index (χ1v) is 13.5. The van der Waals surface area contributed by atoms with Gasteiger partial charge in [-0.2, -0.15) is 0 Å². The van der Waals surface area contributed by atoms with Crippen LogP contribution in [0.25, 0.3) is 0 Å². The van der Waals surface area contributed by atoms with E-state index < -0.39 is 7.82 Å². The van der Waals surface area contributed by atoms with Crippen molar-refractivity contribution in [2.24, 2.45) is 0 Å². The van der Waals surface area contributed by atoms with Crippen LogP contribution in [0.15, 0.2) is 24.3 Å². The highest BCUT2D eigenvalue weighted by atomic mass is 31.2. The third-order valence-electron chi connectivity index (χ3n) is 5.41. The maximum absolute atomic E-state index is 10.5. The highest BCUT2D eigenvalue weighted by Crippen LogP contribution is 2.36. The quantitative estimate of drug-likeness (QED) is 0.0925. The summed E-state index contributed by atoms with van der Waals surface area (Å²) in [6.07, 6.45) is 16.7. The van der Waals surface area contributed by atoms with Crippen LogP contribution in [0.4, 0.5) is 0 Å². The molecule has 0 saturated carbocycles. The molecule has 0 radical (unpaired) electrons. The van der Waals surface area contributed by atoms with Crippen molar-refractivity contribution >= 4 is 7.82 Å². The van der Waals surface area contributed by atoms with Crippen molar-refractivity contribution in [1.29, 1.82) is 0 Å². The molecule has 1 aromatic carbocycles. The van der Waals surface area contributed by atoms with E-state index in [9.17, 15) is 4.57 Å². The van der Waals surface area contributed by atoms with Crippen LogP contribution < -0.4 is 4.74 Å². The Morgan fingerprint density at radius 1 is 0.806 bits per heavy atom. The highest BCUT2D eigenvalue weighted by molar-refractivity contribution is 7.46. The molecule has 2 N–H and O–H groups in total. The summed E-state index contributed by atoms with van der Waals surface area (Å²) in [5, 5.41) is 0. The van der Waals surface area contributed by atoms with Gasteiger partial charge in [0.25, 0.3) is 0 Å². The monoisotopic (exact) mass is 458 g/mol. The summed E-state index contributed by atoms with van der Waals surface area (Å²) < 4.78 is 20.4. The number of ether oxygens (including phenoxy) is 1. The molecule has 0 heterocycles. The fourth-order valence-electron chi connectivity index (χ4n) is 3.56. The zero-order chi connectivity index (χ0) is 22.8. The lowest BCUT2D eigenvalue weighted by molar-refractivity contribution is -0.254. The SMILES string of the molecule is Cc1ccccc1OCCCCCCCCCCCCCCCC(C)OOP(=O)(O)O. The van der Waals surface area contributed by atoms with Gasteiger partial charge in [-0.15, -0.1) is 4.67 Å². The van der Waals surface area contributed by atoms with Gasteiger partial charge in [0.15, 0.2) is 0 Å². The first-order chi connectivity index (χ1) is 14.9. The van der Waals surface area contributed by atoms with Crippen molar-refractivity contribution in [3.8, 4) is 5.75 Å². The summed E-state index contributed by atoms with van der Waals surface area (Å²) in [6.45, 7) is 4.66. The zero-order valence-electron chi connectivity index (χ0n) is 19.5. The van der Waals surface area contributed by atoms with Crippen LogP contribution in [0.3, 0.4) is 0 Å². The lowest BCUT2D eigenvalue weighted by Crippen LogP contribution is -2.07. The number of unbranched alkanes of at least 4 members (excludes halogenated alkanes) is 12. The third kappa shape index (κ3) is 17.3. The second kappa shape index (κ2) is 17.6. The number of aryl methyl sites for hydroxylation is 1. The number of rotatable bonds is 20. The molecule has 0 amide bonds. The standard InChI is InChI=1S/C24H43O6P/c1-22-18-15-16-20-24(22)28-21-17-13-11-9-7-5-3-4-6-8-10-12-14-19-23(2)29-30-31(25,26)27/h15-16,18,20,23H,3-14,17,19,21H2,1-2H3,(H2,25,26,27). The zero-order valence-corrected chi connectivity index (χ0v) is 20.4. The van der Waals surface area contributed by atoms with E-state index in [-0.39, 0.29) is 6.10 Å². The normalized spacial score (nSPS) is 12.8. The molecule has 1 aromatic rings. The Labute approximate surface area is 188 Å². The van der Waals surface area contributed by atoms with Gasteiger partial charge in [0.1, 0.15) is 5.75 Å². The van der Waals surface area contributed by atoms with Crippen LogP contribution in [0, 0.1) is 6.92 Å². The molecule has 0 spiro atoms. The maximum atomic E-state index is 10.5. The number of hydrogen-bond donors (Lipinski definition) is 2. The topological polar surface area (TPSA) is 85.2 Å². The molecule has 1 rings (SSSR count). The molecular formula is C24H43O6P. The van der Waals surface area contributed by atoms with Gasteiger partial charge in [-0.25, -0.2) is 9.45 Å². The second-order valence-corrected chi connectivity index (χ2v) is 9.60. The number of hydrogen-bond acceptors (Lipinski definition) is 4. The highest BCUT2D eigenvalue weighted by Gasteiger charge is 2.17. The fraction of sp³-hybridized carbons (Fsp3) is 0.750. The molecular weight excluding hydrogens is 415 g/mol. The molecule has 0 saturated heterocycles. The average Bonchev–Trinajstić information content (AvgIpc) is 2.72. The van der Waals surface area contributed by atoms with Crippen molar-refractivity contribution in [1.82, 2.24) is 0 Å². The van der Waals surface area contributed by atoms with E-state index in [4.69, 9.17) is 14.5 Å². The van der Waals surface area contributed by atoms with Crippen molar-refractivity contribution in [3.05, 3.63) is 29.8 Å². The van der Waals surface area contributed by atoms with Gasteiger partial charge in [0.2, 0.25) is 0 Å². The number of phosphoric acid groups is 1. The predicted molar refractivity (Wildman–Crippen MR) is 125 cm³/mol. The third-order valence-corrected chi connectivity index (χ3v) is 5.69. The summed E-state index contributed by atoms with van der Waals surface area (Å²) in [4.78, 5) is 21.8. The molecule has 180 valence electrons. The van der Waals surface area contributed by atoms with E-state index in [1.54, 1.807) is 6.92 Å². The summed E-state index contributed by atoms with van der Waals surface area (Å²) in [7, 11) is -4.53. The molecule has 7 heteroatoms. The maximum Gasteiger partial charge on any atom is 0.496 e. The van der Waals surface area contributed by atoms with Crippen LogP contribution in [0.5, 0.6) is 5.75 Å². The number of para-hydroxylation sites is 1. The van der Waals surface area contributed by atoms with Gasteiger partial charge < -0.3 is 14.5 Å². The second-order valence-electron chi connectivity index (χ2n) is 8.47. The predicted octanol–water partition coefficient (Wildman–Crippen LogP) is 7.26. The van der Waals surface area contributed by atoms with E-state index >= 15 is 0 Å². The molecule has 31 heavy (non-hydrogen) atoms. The molecule has 0 fully saturated rings. The summed E-state index contributed by atoms with van der Waals surface area (Å²) >= 11 is 0. The number of benzene rings is 1. The Balaban J connectivity index is 1.77. The van der Waals surface area contributed by atoms with E-state index in [0.717, 1.165) is 38.0 Å². The van der Waals surface area contributed by atoms with Crippen molar-refractivity contribution < 1.29 is 28.7 Å². The Morgan fingerprint density at radius 2 is 1.29 bits per heavy atom. The van der Waals surface area contributed by atoms with E-state index in [1.165, 1.54) is 69.8 Å². The minimum absolute atomic E-state index is 0.298. The van der Waals surface area contributed by atoms with Crippen LogP contribution in [0.1, 0.15) is 102 Å². The molecule has 0 aliphatic rings. The Morgan fingerprint density at radius 3 is 1.81 bits per heavy atom. The van der Waals surface area contributed by atoms with E-state index in [0.29, 0.717) is 0 Å². The summed E-state index contributed by atoms with van der Waals surface area (Å²) in [5.41, 5.74) is 1.21. The average molecular weight is 459 g/mol. The Hall–Kier alpha value is -0.910. The lowest BCUT2D eigenvalue weighted by Gasteiger charge is -2.11. The van der Waals surface area contributed by atoms with Crippen LogP contribution >= 0.6 is 7.82 Å². The molecule has 6 nitrogen and oxygen atoms in total. The minimum Gasteiger partial charge on any atom is -0.493 e. The molecule has 0 aliphatic heterocycles. The van der Waals surface area contributed by atoms with Crippen molar-refractivity contribution in [2.75, 3.05) is 6.61 Å². The molecule has 1 unspecified atom stereocenters. The van der Waals surface area contributed by atoms with Gasteiger partial charge in [-0.05, 0) is 38.3 Å².